The summed E-state index contributed by atoms with van der Waals surface area (Å²) in [5.41, 5.74) is 3.28. The summed E-state index contributed by atoms with van der Waals surface area (Å²) >= 11 is 0. The van der Waals surface area contributed by atoms with Crippen LogP contribution < -0.4 is 5.32 Å². The quantitative estimate of drug-likeness (QED) is 0.433. The Kier molecular flexibility index (Phi) is 4.47. The molecule has 3 N–H and O–H groups in total. The standard InChI is InChI=1S/C26H24N4O3/c31-24(28-20-12-26(13-20)10-18(11-26)25(32)33)23-22-16(6-3-7-21(22)29-30-23)9-19-8-15-4-1-2-5-17(15)14-27-19/h1-8,14,18,20H,9-13H2,(H,28,31)(H,29,30)(H,32,33). The first-order chi connectivity index (χ1) is 16.0. The van der Waals surface area contributed by atoms with Crippen LogP contribution in [0.2, 0.25) is 0 Å². The van der Waals surface area contributed by atoms with Crippen molar-refractivity contribution in [3.05, 3.63) is 71.7 Å². The zero-order valence-corrected chi connectivity index (χ0v) is 18.0. The van der Waals surface area contributed by atoms with Crippen molar-refractivity contribution in [2.45, 2.75) is 38.1 Å². The number of hydrogen-bond acceptors (Lipinski definition) is 4. The molecule has 33 heavy (non-hydrogen) atoms. The van der Waals surface area contributed by atoms with Gasteiger partial charge in [0.05, 0.1) is 11.4 Å². The van der Waals surface area contributed by atoms with Crippen molar-refractivity contribution in [2.24, 2.45) is 11.3 Å². The first kappa shape index (κ1) is 19.9. The number of H-pyrrole nitrogens is 1. The molecule has 1 amide bonds. The van der Waals surface area contributed by atoms with Crippen molar-refractivity contribution in [1.82, 2.24) is 20.5 Å². The van der Waals surface area contributed by atoms with Crippen LogP contribution >= 0.6 is 0 Å². The summed E-state index contributed by atoms with van der Waals surface area (Å²) < 4.78 is 0. The van der Waals surface area contributed by atoms with E-state index in [9.17, 15) is 9.59 Å². The molecule has 4 aromatic rings. The molecular formula is C26H24N4O3. The van der Waals surface area contributed by atoms with Crippen LogP contribution in [-0.2, 0) is 11.2 Å². The number of pyridine rings is 1. The molecule has 0 unspecified atom stereocenters. The van der Waals surface area contributed by atoms with Crippen LogP contribution in [0.5, 0.6) is 0 Å². The second kappa shape index (κ2) is 7.40. The number of nitrogens with zero attached hydrogens (tertiary/aromatic N) is 2. The molecule has 1 spiro atoms. The van der Waals surface area contributed by atoms with Gasteiger partial charge in [-0.1, -0.05) is 36.4 Å². The van der Waals surface area contributed by atoms with Gasteiger partial charge in [0.2, 0.25) is 0 Å². The van der Waals surface area contributed by atoms with E-state index in [0.29, 0.717) is 12.1 Å². The third-order valence-corrected chi connectivity index (χ3v) is 7.35. The Morgan fingerprint density at radius 2 is 1.85 bits per heavy atom. The van der Waals surface area contributed by atoms with Crippen LogP contribution in [-0.4, -0.2) is 38.2 Å². The molecule has 166 valence electrons. The van der Waals surface area contributed by atoms with Gasteiger partial charge in [0.15, 0.2) is 5.69 Å². The van der Waals surface area contributed by atoms with Crippen LogP contribution in [0, 0.1) is 11.3 Å². The fourth-order valence-corrected chi connectivity index (χ4v) is 5.71. The maximum atomic E-state index is 13.1. The van der Waals surface area contributed by atoms with Crippen molar-refractivity contribution in [2.75, 3.05) is 0 Å². The zero-order chi connectivity index (χ0) is 22.6. The molecule has 2 aliphatic rings. The molecule has 0 radical (unpaired) electrons. The number of aliphatic carboxylic acids is 1. The summed E-state index contributed by atoms with van der Waals surface area (Å²) in [6.45, 7) is 0. The topological polar surface area (TPSA) is 108 Å². The van der Waals surface area contributed by atoms with Crippen LogP contribution in [0.3, 0.4) is 0 Å². The summed E-state index contributed by atoms with van der Waals surface area (Å²) in [5.74, 6) is -1.11. The molecule has 2 heterocycles. The van der Waals surface area contributed by atoms with Crippen molar-refractivity contribution in [3.8, 4) is 0 Å². The fraction of sp³-hybridized carbons (Fsp3) is 0.308. The van der Waals surface area contributed by atoms with Gasteiger partial charge in [-0.25, -0.2) is 0 Å². The van der Waals surface area contributed by atoms with Gasteiger partial charge in [-0.3, -0.25) is 19.7 Å². The molecule has 6 rings (SSSR count). The largest absolute Gasteiger partial charge is 0.481 e. The van der Waals surface area contributed by atoms with Crippen molar-refractivity contribution >= 4 is 33.6 Å². The highest BCUT2D eigenvalue weighted by Crippen LogP contribution is 2.58. The number of fused-ring (bicyclic) bond motifs is 2. The molecule has 2 fully saturated rings. The van der Waals surface area contributed by atoms with Crippen molar-refractivity contribution in [3.63, 3.8) is 0 Å². The maximum absolute atomic E-state index is 13.1. The molecule has 0 aliphatic heterocycles. The molecule has 0 saturated heterocycles. The average Bonchev–Trinajstić information content (AvgIpc) is 3.19. The zero-order valence-electron chi connectivity index (χ0n) is 18.0. The van der Waals surface area contributed by atoms with E-state index in [-0.39, 0.29) is 23.3 Å². The van der Waals surface area contributed by atoms with Crippen LogP contribution in [0.15, 0.2) is 54.7 Å². The lowest BCUT2D eigenvalue weighted by atomic mass is 9.50. The lowest BCUT2D eigenvalue weighted by molar-refractivity contribution is -0.155. The SMILES string of the molecule is O=C(NC1CC2(C1)CC(C(=O)O)C2)c1n[nH]c2cccc(Cc3cc4ccccc4cn3)c12. The number of rotatable bonds is 5. The van der Waals surface area contributed by atoms with Gasteiger partial charge in [0.1, 0.15) is 0 Å². The molecule has 2 aliphatic carbocycles. The summed E-state index contributed by atoms with van der Waals surface area (Å²) in [5, 5.41) is 22.6. The minimum atomic E-state index is -0.704. The van der Waals surface area contributed by atoms with Gasteiger partial charge in [-0.15, -0.1) is 0 Å². The van der Waals surface area contributed by atoms with Gasteiger partial charge in [-0.05, 0) is 54.2 Å². The van der Waals surface area contributed by atoms with E-state index < -0.39 is 5.97 Å². The molecule has 2 aromatic heterocycles. The second-order valence-electron chi connectivity index (χ2n) is 9.63. The maximum Gasteiger partial charge on any atom is 0.306 e. The Bertz CT molecular complexity index is 1400. The second-order valence-corrected chi connectivity index (χ2v) is 9.63. The highest BCUT2D eigenvalue weighted by Gasteiger charge is 2.55. The fourth-order valence-electron chi connectivity index (χ4n) is 5.71. The minimum absolute atomic E-state index is 0.0771. The van der Waals surface area contributed by atoms with Crippen molar-refractivity contribution in [1.29, 1.82) is 0 Å². The smallest absolute Gasteiger partial charge is 0.306 e. The Morgan fingerprint density at radius 3 is 2.64 bits per heavy atom. The monoisotopic (exact) mass is 440 g/mol. The first-order valence-corrected chi connectivity index (χ1v) is 11.3. The summed E-state index contributed by atoms with van der Waals surface area (Å²) in [6.07, 6.45) is 5.63. The predicted molar refractivity (Wildman–Crippen MR) is 124 cm³/mol. The lowest BCUT2D eigenvalue weighted by Crippen LogP contribution is -2.57. The number of carboxylic acid groups (broad SMARTS) is 1. The molecule has 2 aromatic carbocycles. The summed E-state index contributed by atoms with van der Waals surface area (Å²) in [6, 6.07) is 16.2. The van der Waals surface area contributed by atoms with Gasteiger partial charge >= 0.3 is 5.97 Å². The number of carbonyl (C=O) groups excluding carboxylic acids is 1. The lowest BCUT2D eigenvalue weighted by Gasteiger charge is -2.56. The van der Waals surface area contributed by atoms with Gasteiger partial charge in [0.25, 0.3) is 5.91 Å². The third-order valence-electron chi connectivity index (χ3n) is 7.35. The van der Waals surface area contributed by atoms with Crippen LogP contribution in [0.25, 0.3) is 21.7 Å². The van der Waals surface area contributed by atoms with Gasteiger partial charge in [0, 0.05) is 35.1 Å². The predicted octanol–water partition coefficient (Wildman–Crippen LogP) is 4.08. The Hall–Kier alpha value is -3.74. The van der Waals surface area contributed by atoms with E-state index in [1.807, 2.05) is 42.6 Å². The Balaban J connectivity index is 1.21. The number of carbonyl (C=O) groups is 2. The van der Waals surface area contributed by atoms with Crippen LogP contribution in [0.4, 0.5) is 0 Å². The number of benzene rings is 2. The number of carboxylic acids is 1. The van der Waals surface area contributed by atoms with Gasteiger partial charge < -0.3 is 10.4 Å². The highest BCUT2D eigenvalue weighted by molar-refractivity contribution is 6.06. The molecule has 0 bridgehead atoms. The molecule has 2 saturated carbocycles. The molecule has 7 nitrogen and oxygen atoms in total. The van der Waals surface area contributed by atoms with E-state index in [0.717, 1.165) is 58.6 Å². The van der Waals surface area contributed by atoms with E-state index in [2.05, 4.69) is 32.6 Å². The summed E-state index contributed by atoms with van der Waals surface area (Å²) in [7, 11) is 0. The average molecular weight is 441 g/mol. The van der Waals surface area contributed by atoms with E-state index in [1.54, 1.807) is 0 Å². The van der Waals surface area contributed by atoms with Crippen LogP contribution in [0.1, 0.15) is 47.4 Å². The molecule has 7 heteroatoms. The number of aromatic amines is 1. The van der Waals surface area contributed by atoms with E-state index >= 15 is 0 Å². The number of amides is 1. The minimum Gasteiger partial charge on any atom is -0.481 e. The van der Waals surface area contributed by atoms with E-state index in [1.165, 1.54) is 0 Å². The number of hydrogen-bond donors (Lipinski definition) is 3. The molecule has 0 atom stereocenters. The Labute approximate surface area is 190 Å². The Morgan fingerprint density at radius 1 is 1.06 bits per heavy atom. The normalized spacial score (nSPS) is 23.9. The summed E-state index contributed by atoms with van der Waals surface area (Å²) in [4.78, 5) is 28.8. The third kappa shape index (κ3) is 3.44. The first-order valence-electron chi connectivity index (χ1n) is 11.3. The number of aromatic nitrogens is 3. The van der Waals surface area contributed by atoms with Gasteiger partial charge in [-0.2, -0.15) is 5.10 Å². The van der Waals surface area contributed by atoms with E-state index in [4.69, 9.17) is 5.11 Å². The molecular weight excluding hydrogens is 416 g/mol. The number of nitrogens with one attached hydrogen (secondary N) is 2. The van der Waals surface area contributed by atoms with Crippen molar-refractivity contribution < 1.29 is 14.7 Å². The highest BCUT2D eigenvalue weighted by atomic mass is 16.4.